The molecular formula is C15H19ClN4OS. The predicted octanol–water partition coefficient (Wildman–Crippen LogP) is 3.57. The molecule has 0 aromatic carbocycles. The fourth-order valence-electron chi connectivity index (χ4n) is 2.90. The van der Waals surface area contributed by atoms with Crippen molar-refractivity contribution in [2.45, 2.75) is 31.8 Å². The molecule has 1 atom stereocenters. The Bertz CT molecular complexity index is 654. The fraction of sp³-hybridized carbons (Fsp3) is 0.467. The van der Waals surface area contributed by atoms with Gasteiger partial charge in [0.1, 0.15) is 0 Å². The highest BCUT2D eigenvalue weighted by Crippen LogP contribution is 2.30. The number of aromatic nitrogens is 2. The van der Waals surface area contributed by atoms with Crippen LogP contribution >= 0.6 is 22.9 Å². The molecular weight excluding hydrogens is 320 g/mol. The summed E-state index contributed by atoms with van der Waals surface area (Å²) in [5.74, 6) is 0. The highest BCUT2D eigenvalue weighted by atomic mass is 35.5. The fourth-order valence-corrected chi connectivity index (χ4v) is 3.93. The van der Waals surface area contributed by atoms with Crippen LogP contribution < -0.4 is 5.32 Å². The first kappa shape index (κ1) is 15.4. The highest BCUT2D eigenvalue weighted by Gasteiger charge is 2.29. The van der Waals surface area contributed by atoms with Gasteiger partial charge in [0, 0.05) is 24.7 Å². The third-order valence-electron chi connectivity index (χ3n) is 4.01. The number of piperidine rings is 1. The van der Waals surface area contributed by atoms with E-state index in [1.807, 2.05) is 34.8 Å². The zero-order valence-corrected chi connectivity index (χ0v) is 14.0. The van der Waals surface area contributed by atoms with Crippen molar-refractivity contribution >= 4 is 29.0 Å². The van der Waals surface area contributed by atoms with E-state index in [0.717, 1.165) is 40.7 Å². The summed E-state index contributed by atoms with van der Waals surface area (Å²) in [6.45, 7) is 1.30. The lowest BCUT2D eigenvalue weighted by Gasteiger charge is -2.35. The normalized spacial score (nSPS) is 18.5. The van der Waals surface area contributed by atoms with Crippen molar-refractivity contribution < 1.29 is 4.79 Å². The van der Waals surface area contributed by atoms with E-state index in [-0.39, 0.29) is 12.1 Å². The van der Waals surface area contributed by atoms with Crippen LogP contribution in [0.2, 0.25) is 4.34 Å². The molecule has 0 unspecified atom stereocenters. The molecule has 1 aliphatic rings. The molecule has 1 N–H and O–H groups in total. The van der Waals surface area contributed by atoms with Crippen LogP contribution in [0, 0.1) is 0 Å². The predicted molar refractivity (Wildman–Crippen MR) is 88.1 cm³/mol. The van der Waals surface area contributed by atoms with Crippen LogP contribution in [0.3, 0.4) is 0 Å². The number of aryl methyl sites for hydroxylation is 1. The van der Waals surface area contributed by atoms with Crippen LogP contribution in [-0.2, 0) is 13.6 Å². The van der Waals surface area contributed by atoms with Crippen molar-refractivity contribution in [3.05, 3.63) is 39.3 Å². The van der Waals surface area contributed by atoms with Gasteiger partial charge in [0.2, 0.25) is 0 Å². The topological polar surface area (TPSA) is 50.2 Å². The van der Waals surface area contributed by atoms with Gasteiger partial charge in [-0.3, -0.25) is 4.68 Å². The number of carbonyl (C=O) groups is 1. The third-order valence-corrected chi connectivity index (χ3v) is 5.24. The molecule has 118 valence electrons. The number of carbonyl (C=O) groups excluding carboxylic acids is 1. The molecule has 0 spiro atoms. The third kappa shape index (κ3) is 3.28. The molecule has 1 fully saturated rings. The maximum atomic E-state index is 12.6. The summed E-state index contributed by atoms with van der Waals surface area (Å²) < 4.78 is 2.60. The SMILES string of the molecule is Cn1nccc1[C@H]1CCCCN1C(=O)NCc1ccc(Cl)s1. The molecule has 2 aromatic heterocycles. The molecule has 2 aromatic rings. The van der Waals surface area contributed by atoms with Crippen molar-refractivity contribution in [1.29, 1.82) is 0 Å². The van der Waals surface area contributed by atoms with E-state index >= 15 is 0 Å². The first-order valence-corrected chi connectivity index (χ1v) is 8.61. The van der Waals surface area contributed by atoms with Crippen LogP contribution in [0.5, 0.6) is 0 Å². The van der Waals surface area contributed by atoms with Gasteiger partial charge in [0.25, 0.3) is 0 Å². The standard InChI is InChI=1S/C15H19ClN4OS/c1-19-12(7-8-18-19)13-4-2-3-9-20(13)15(21)17-10-11-5-6-14(16)22-11/h5-8,13H,2-4,9-10H2,1H3,(H,17,21)/t13-/m1/s1. The number of halogens is 1. The first-order valence-electron chi connectivity index (χ1n) is 7.42. The summed E-state index contributed by atoms with van der Waals surface area (Å²) in [4.78, 5) is 15.5. The lowest BCUT2D eigenvalue weighted by molar-refractivity contribution is 0.147. The Morgan fingerprint density at radius 2 is 2.32 bits per heavy atom. The molecule has 2 amide bonds. The molecule has 0 saturated carbocycles. The van der Waals surface area contributed by atoms with Crippen molar-refractivity contribution in [3.8, 4) is 0 Å². The smallest absolute Gasteiger partial charge is 0.318 e. The number of urea groups is 1. The van der Waals surface area contributed by atoms with E-state index in [2.05, 4.69) is 10.4 Å². The summed E-state index contributed by atoms with van der Waals surface area (Å²) >= 11 is 7.41. The number of thiophene rings is 1. The molecule has 1 aliphatic heterocycles. The minimum atomic E-state index is -0.0181. The number of hydrogen-bond acceptors (Lipinski definition) is 3. The van der Waals surface area contributed by atoms with Crippen molar-refractivity contribution in [2.75, 3.05) is 6.54 Å². The van der Waals surface area contributed by atoms with Gasteiger partial charge in [-0.1, -0.05) is 11.6 Å². The van der Waals surface area contributed by atoms with Crippen LogP contribution in [0.15, 0.2) is 24.4 Å². The molecule has 22 heavy (non-hydrogen) atoms. The average Bonchev–Trinajstić information content (AvgIpc) is 3.13. The summed E-state index contributed by atoms with van der Waals surface area (Å²) in [6.07, 6.45) is 4.96. The van der Waals surface area contributed by atoms with E-state index < -0.39 is 0 Å². The molecule has 0 radical (unpaired) electrons. The van der Waals surface area contributed by atoms with Crippen molar-refractivity contribution in [1.82, 2.24) is 20.0 Å². The summed E-state index contributed by atoms with van der Waals surface area (Å²) in [7, 11) is 1.92. The highest BCUT2D eigenvalue weighted by molar-refractivity contribution is 7.16. The summed E-state index contributed by atoms with van der Waals surface area (Å²) in [5.41, 5.74) is 1.09. The number of likely N-dealkylation sites (tertiary alicyclic amines) is 1. The zero-order chi connectivity index (χ0) is 15.5. The second kappa shape index (κ2) is 6.71. The van der Waals surface area contributed by atoms with Crippen LogP contribution in [0.1, 0.15) is 35.9 Å². The quantitative estimate of drug-likeness (QED) is 0.930. The maximum absolute atomic E-state index is 12.6. The largest absolute Gasteiger partial charge is 0.333 e. The zero-order valence-electron chi connectivity index (χ0n) is 12.5. The summed E-state index contributed by atoms with van der Waals surface area (Å²) in [6, 6.07) is 5.88. The summed E-state index contributed by atoms with van der Waals surface area (Å²) in [5, 5.41) is 7.23. The Kier molecular flexibility index (Phi) is 4.69. The molecule has 3 rings (SSSR count). The van der Waals surface area contributed by atoms with E-state index in [1.165, 1.54) is 11.3 Å². The van der Waals surface area contributed by atoms with Gasteiger partial charge < -0.3 is 10.2 Å². The number of nitrogens with zero attached hydrogens (tertiary/aromatic N) is 3. The number of rotatable bonds is 3. The van der Waals surface area contributed by atoms with Crippen LogP contribution in [-0.4, -0.2) is 27.3 Å². The van der Waals surface area contributed by atoms with E-state index in [0.29, 0.717) is 6.54 Å². The van der Waals surface area contributed by atoms with Gasteiger partial charge in [-0.2, -0.15) is 5.10 Å². The van der Waals surface area contributed by atoms with Gasteiger partial charge in [0.05, 0.1) is 22.6 Å². The molecule has 1 saturated heterocycles. The second-order valence-electron chi connectivity index (χ2n) is 5.45. The second-order valence-corrected chi connectivity index (χ2v) is 7.25. The van der Waals surface area contributed by atoms with E-state index in [1.54, 1.807) is 6.20 Å². The molecule has 5 nitrogen and oxygen atoms in total. The van der Waals surface area contributed by atoms with Gasteiger partial charge in [-0.15, -0.1) is 11.3 Å². The number of nitrogens with one attached hydrogen (secondary N) is 1. The average molecular weight is 339 g/mol. The minimum Gasteiger partial charge on any atom is -0.333 e. The van der Waals surface area contributed by atoms with Crippen LogP contribution in [0.25, 0.3) is 0 Å². The van der Waals surface area contributed by atoms with Gasteiger partial charge in [-0.25, -0.2) is 4.79 Å². The van der Waals surface area contributed by atoms with Crippen molar-refractivity contribution in [3.63, 3.8) is 0 Å². The molecule has 7 heteroatoms. The number of amides is 2. The minimum absolute atomic E-state index is 0.0181. The van der Waals surface area contributed by atoms with Crippen LogP contribution in [0.4, 0.5) is 4.79 Å². The van der Waals surface area contributed by atoms with E-state index in [4.69, 9.17) is 11.6 Å². The Morgan fingerprint density at radius 3 is 3.00 bits per heavy atom. The Balaban J connectivity index is 1.67. The Hall–Kier alpha value is -1.53. The molecule has 3 heterocycles. The monoisotopic (exact) mass is 338 g/mol. The Labute approximate surface area is 138 Å². The van der Waals surface area contributed by atoms with Crippen molar-refractivity contribution in [2.24, 2.45) is 7.05 Å². The van der Waals surface area contributed by atoms with Gasteiger partial charge >= 0.3 is 6.03 Å². The molecule has 0 aliphatic carbocycles. The lowest BCUT2D eigenvalue weighted by atomic mass is 10.00. The van der Waals surface area contributed by atoms with Gasteiger partial charge in [-0.05, 0) is 37.5 Å². The lowest BCUT2D eigenvalue weighted by Crippen LogP contribution is -2.44. The van der Waals surface area contributed by atoms with E-state index in [9.17, 15) is 4.79 Å². The first-order chi connectivity index (χ1) is 10.6. The van der Waals surface area contributed by atoms with Gasteiger partial charge in [0.15, 0.2) is 0 Å². The number of hydrogen-bond donors (Lipinski definition) is 1. The Morgan fingerprint density at radius 1 is 1.45 bits per heavy atom. The maximum Gasteiger partial charge on any atom is 0.318 e. The molecule has 0 bridgehead atoms.